The van der Waals surface area contributed by atoms with Crippen LogP contribution in [0.15, 0.2) is 30.3 Å². The minimum atomic E-state index is 0.0266. The molecule has 6 heteroatoms. The second-order valence-corrected chi connectivity index (χ2v) is 7.42. The van der Waals surface area contributed by atoms with E-state index in [9.17, 15) is 4.79 Å². The van der Waals surface area contributed by atoms with Crippen molar-refractivity contribution in [2.45, 2.75) is 52.5 Å². The number of carbonyl (C=O) groups excluding carboxylic acids is 1. The summed E-state index contributed by atoms with van der Waals surface area (Å²) in [5, 5.41) is 2.82. The maximum absolute atomic E-state index is 11.5. The minimum Gasteiger partial charge on any atom is -0.497 e. The number of aromatic nitrogens is 1. The summed E-state index contributed by atoms with van der Waals surface area (Å²) in [5.74, 6) is 2.21. The topological polar surface area (TPSA) is 63.7 Å². The van der Waals surface area contributed by atoms with Crippen LogP contribution in [0.3, 0.4) is 0 Å². The van der Waals surface area contributed by atoms with Gasteiger partial charge in [-0.05, 0) is 67.1 Å². The second kappa shape index (κ2) is 11.0. The molecule has 0 spiro atoms. The third-order valence-corrected chi connectivity index (χ3v) is 5.46. The molecule has 0 fully saturated rings. The van der Waals surface area contributed by atoms with Crippen LogP contribution >= 0.6 is 0 Å². The molecule has 0 bridgehead atoms. The number of amides is 1. The number of ether oxygens (including phenoxy) is 2. The molecule has 2 aliphatic heterocycles. The number of methoxy groups -OCH3 is 1. The van der Waals surface area contributed by atoms with E-state index in [2.05, 4.69) is 27.3 Å². The lowest BCUT2D eigenvalue weighted by Gasteiger charge is -2.29. The monoisotopic (exact) mass is 411 g/mol. The Balaban J connectivity index is 0.00000124. The van der Waals surface area contributed by atoms with Crippen LogP contribution in [0.2, 0.25) is 0 Å². The van der Waals surface area contributed by atoms with E-state index in [4.69, 9.17) is 9.47 Å². The van der Waals surface area contributed by atoms with Crippen LogP contribution in [0, 0.1) is 0 Å². The van der Waals surface area contributed by atoms with Gasteiger partial charge in [-0.25, -0.2) is 0 Å². The summed E-state index contributed by atoms with van der Waals surface area (Å²) in [7, 11) is 1.72. The molecule has 162 valence electrons. The molecule has 0 aliphatic carbocycles. The first kappa shape index (κ1) is 22.1. The summed E-state index contributed by atoms with van der Waals surface area (Å²) >= 11 is 0. The maximum atomic E-state index is 11.5. The van der Waals surface area contributed by atoms with Gasteiger partial charge < -0.3 is 14.8 Å². The standard InChI is InChI=1S/C22H27N3O3.C2H6/c1-27-19-7-4-18-15-25(12-10-17(18)14-19)11-2-3-13-28-21-9-6-16-5-8-20(26)23-22(16)24-21;1-2/h4,6-7,9,14H,2-3,5,8,10-13,15H2,1H3,(H,23,24,26);1-2H3. The van der Waals surface area contributed by atoms with E-state index in [0.29, 0.717) is 24.7 Å². The summed E-state index contributed by atoms with van der Waals surface area (Å²) in [6.07, 6.45) is 4.43. The largest absolute Gasteiger partial charge is 0.497 e. The molecule has 6 nitrogen and oxygen atoms in total. The molecule has 0 radical (unpaired) electrons. The number of hydrogen-bond donors (Lipinski definition) is 1. The van der Waals surface area contributed by atoms with Gasteiger partial charge in [-0.15, -0.1) is 0 Å². The SMILES string of the molecule is CC.COc1ccc2c(c1)CCN(CCCCOc1ccc3c(n1)NC(=O)CC3)C2. The molecule has 1 amide bonds. The van der Waals surface area contributed by atoms with Gasteiger partial charge in [-0.2, -0.15) is 4.98 Å². The van der Waals surface area contributed by atoms with Gasteiger partial charge in [0.15, 0.2) is 0 Å². The van der Waals surface area contributed by atoms with Crippen molar-refractivity contribution in [3.8, 4) is 11.6 Å². The van der Waals surface area contributed by atoms with Crippen molar-refractivity contribution in [1.82, 2.24) is 9.88 Å². The predicted molar refractivity (Wildman–Crippen MR) is 119 cm³/mol. The highest BCUT2D eigenvalue weighted by molar-refractivity contribution is 5.92. The number of pyridine rings is 1. The Morgan fingerprint density at radius 1 is 1.03 bits per heavy atom. The van der Waals surface area contributed by atoms with E-state index in [0.717, 1.165) is 56.6 Å². The van der Waals surface area contributed by atoms with E-state index < -0.39 is 0 Å². The second-order valence-electron chi connectivity index (χ2n) is 7.42. The lowest BCUT2D eigenvalue weighted by molar-refractivity contribution is -0.116. The van der Waals surface area contributed by atoms with Gasteiger partial charge >= 0.3 is 0 Å². The highest BCUT2D eigenvalue weighted by Crippen LogP contribution is 2.25. The van der Waals surface area contributed by atoms with Crippen molar-refractivity contribution < 1.29 is 14.3 Å². The summed E-state index contributed by atoms with van der Waals surface area (Å²) in [6.45, 7) is 7.81. The number of nitrogens with one attached hydrogen (secondary N) is 1. The van der Waals surface area contributed by atoms with Gasteiger partial charge in [0, 0.05) is 25.6 Å². The number of aryl methyl sites for hydroxylation is 1. The number of anilines is 1. The Morgan fingerprint density at radius 3 is 2.70 bits per heavy atom. The summed E-state index contributed by atoms with van der Waals surface area (Å²) < 4.78 is 11.1. The first-order valence-corrected chi connectivity index (χ1v) is 11.0. The highest BCUT2D eigenvalue weighted by atomic mass is 16.5. The Kier molecular flexibility index (Phi) is 8.08. The van der Waals surface area contributed by atoms with E-state index >= 15 is 0 Å². The van der Waals surface area contributed by atoms with Gasteiger partial charge in [0.25, 0.3) is 0 Å². The van der Waals surface area contributed by atoms with Crippen molar-refractivity contribution >= 4 is 11.7 Å². The van der Waals surface area contributed by atoms with Crippen LogP contribution in [0.25, 0.3) is 0 Å². The van der Waals surface area contributed by atoms with Crippen LogP contribution in [0.1, 0.15) is 49.8 Å². The minimum absolute atomic E-state index is 0.0266. The average molecular weight is 412 g/mol. The Morgan fingerprint density at radius 2 is 1.87 bits per heavy atom. The maximum Gasteiger partial charge on any atom is 0.225 e. The van der Waals surface area contributed by atoms with E-state index in [1.165, 1.54) is 11.1 Å². The fourth-order valence-corrected chi connectivity index (χ4v) is 3.82. The zero-order valence-corrected chi connectivity index (χ0v) is 18.4. The first-order valence-electron chi connectivity index (χ1n) is 11.0. The molecule has 2 aromatic rings. The predicted octanol–water partition coefficient (Wildman–Crippen LogP) is 4.22. The number of hydrogen-bond acceptors (Lipinski definition) is 5. The molecule has 1 aromatic carbocycles. The van der Waals surface area contributed by atoms with Gasteiger partial charge in [0.1, 0.15) is 11.6 Å². The zero-order chi connectivity index (χ0) is 21.3. The van der Waals surface area contributed by atoms with Gasteiger partial charge in [-0.1, -0.05) is 19.9 Å². The van der Waals surface area contributed by atoms with Crippen molar-refractivity contribution in [3.63, 3.8) is 0 Å². The molecule has 30 heavy (non-hydrogen) atoms. The molecule has 0 unspecified atom stereocenters. The molecular weight excluding hydrogens is 378 g/mol. The Hall–Kier alpha value is -2.60. The fourth-order valence-electron chi connectivity index (χ4n) is 3.82. The van der Waals surface area contributed by atoms with Crippen LogP contribution in [0.5, 0.6) is 11.6 Å². The highest BCUT2D eigenvalue weighted by Gasteiger charge is 2.17. The smallest absolute Gasteiger partial charge is 0.225 e. The van der Waals surface area contributed by atoms with Crippen molar-refractivity contribution in [1.29, 1.82) is 0 Å². The molecule has 1 N–H and O–H groups in total. The first-order chi connectivity index (χ1) is 14.7. The Labute approximate surface area is 179 Å². The Bertz CT molecular complexity index is 854. The van der Waals surface area contributed by atoms with Gasteiger partial charge in [0.05, 0.1) is 13.7 Å². The normalized spacial score (nSPS) is 15.2. The van der Waals surface area contributed by atoms with E-state index in [1.54, 1.807) is 7.11 Å². The molecule has 3 heterocycles. The lowest BCUT2D eigenvalue weighted by Crippen LogP contribution is -2.31. The summed E-state index contributed by atoms with van der Waals surface area (Å²) in [4.78, 5) is 18.4. The van der Waals surface area contributed by atoms with Crippen LogP contribution in [0.4, 0.5) is 5.82 Å². The number of rotatable bonds is 7. The molecular formula is C24H33N3O3. The molecule has 4 rings (SSSR count). The molecule has 2 aliphatic rings. The van der Waals surface area contributed by atoms with Crippen LogP contribution < -0.4 is 14.8 Å². The fraction of sp³-hybridized carbons (Fsp3) is 0.500. The third kappa shape index (κ3) is 5.72. The summed E-state index contributed by atoms with van der Waals surface area (Å²) in [6, 6.07) is 10.3. The number of unbranched alkanes of at least 4 members (excludes halogenated alkanes) is 1. The van der Waals surface area contributed by atoms with E-state index in [1.807, 2.05) is 32.0 Å². The number of carbonyl (C=O) groups is 1. The lowest BCUT2D eigenvalue weighted by atomic mass is 9.99. The van der Waals surface area contributed by atoms with Crippen molar-refractivity contribution in [2.75, 3.05) is 32.1 Å². The average Bonchev–Trinajstić information content (AvgIpc) is 2.79. The quantitative estimate of drug-likeness (QED) is 0.691. The van der Waals surface area contributed by atoms with Gasteiger partial charge in [-0.3, -0.25) is 9.69 Å². The number of nitrogens with zero attached hydrogens (tertiary/aromatic N) is 2. The summed E-state index contributed by atoms with van der Waals surface area (Å²) in [5.41, 5.74) is 3.89. The van der Waals surface area contributed by atoms with Crippen molar-refractivity contribution in [2.24, 2.45) is 0 Å². The number of fused-ring (bicyclic) bond motifs is 2. The van der Waals surface area contributed by atoms with Crippen LogP contribution in [-0.2, 0) is 24.2 Å². The molecule has 0 saturated heterocycles. The third-order valence-electron chi connectivity index (χ3n) is 5.46. The van der Waals surface area contributed by atoms with E-state index in [-0.39, 0.29) is 5.91 Å². The molecule has 0 atom stereocenters. The van der Waals surface area contributed by atoms with Gasteiger partial charge in [0.2, 0.25) is 11.8 Å². The molecule has 0 saturated carbocycles. The number of benzene rings is 1. The zero-order valence-electron chi connectivity index (χ0n) is 18.4. The van der Waals surface area contributed by atoms with Crippen molar-refractivity contribution in [3.05, 3.63) is 47.0 Å². The van der Waals surface area contributed by atoms with Crippen LogP contribution in [-0.4, -0.2) is 42.6 Å². The molecule has 1 aromatic heterocycles.